The van der Waals surface area contributed by atoms with Crippen LogP contribution < -0.4 is 5.43 Å². The van der Waals surface area contributed by atoms with Crippen molar-refractivity contribution in [1.82, 2.24) is 15.0 Å². The number of pyridine rings is 1. The second-order valence-electron chi connectivity index (χ2n) is 4.21. The van der Waals surface area contributed by atoms with E-state index in [2.05, 4.69) is 34.0 Å². The third-order valence-corrected chi connectivity index (χ3v) is 3.03. The fourth-order valence-electron chi connectivity index (χ4n) is 2.01. The molecule has 0 aliphatic carbocycles. The summed E-state index contributed by atoms with van der Waals surface area (Å²) in [5.41, 5.74) is 3.62. The average molecular weight is 239 g/mol. The van der Waals surface area contributed by atoms with Crippen molar-refractivity contribution in [3.63, 3.8) is 0 Å². The number of hydrogen-bond acceptors (Lipinski definition) is 2. The lowest BCUT2D eigenvalue weighted by atomic mass is 10.1. The zero-order chi connectivity index (χ0) is 12.5. The van der Waals surface area contributed by atoms with Crippen molar-refractivity contribution in [3.05, 3.63) is 52.4 Å². The molecular formula is C14H13N3O. The van der Waals surface area contributed by atoms with E-state index in [0.717, 1.165) is 17.5 Å². The largest absolute Gasteiger partial charge is 0.367 e. The highest BCUT2D eigenvalue weighted by Gasteiger charge is 2.08. The van der Waals surface area contributed by atoms with Gasteiger partial charge in [0.2, 0.25) is 0 Å². The summed E-state index contributed by atoms with van der Waals surface area (Å²) in [5, 5.41) is 0. The van der Waals surface area contributed by atoms with Crippen molar-refractivity contribution in [2.24, 2.45) is 0 Å². The van der Waals surface area contributed by atoms with Gasteiger partial charge in [-0.2, -0.15) is 0 Å². The SMILES string of the molecule is CCc1ccc2nc(-c3c[nH]ccc3=O)[nH]c2c1. The number of hydrogen-bond donors (Lipinski definition) is 2. The number of benzene rings is 1. The minimum absolute atomic E-state index is 0.0384. The van der Waals surface area contributed by atoms with Gasteiger partial charge in [-0.25, -0.2) is 4.98 Å². The van der Waals surface area contributed by atoms with Crippen LogP contribution in [-0.2, 0) is 6.42 Å². The number of aromatic amines is 2. The molecule has 3 rings (SSSR count). The second-order valence-corrected chi connectivity index (χ2v) is 4.21. The van der Waals surface area contributed by atoms with Gasteiger partial charge in [0.15, 0.2) is 5.43 Å². The standard InChI is InChI=1S/C14H13N3O/c1-2-9-3-4-11-12(7-9)17-14(16-11)10-8-15-6-5-13(10)18/h3-8H,2H2,1H3,(H,15,18)(H,16,17). The summed E-state index contributed by atoms with van der Waals surface area (Å²) < 4.78 is 0. The van der Waals surface area contributed by atoms with Crippen LogP contribution in [0.4, 0.5) is 0 Å². The Hall–Kier alpha value is -2.36. The van der Waals surface area contributed by atoms with Crippen LogP contribution in [0, 0.1) is 0 Å². The third kappa shape index (κ3) is 1.72. The van der Waals surface area contributed by atoms with E-state index in [1.807, 2.05) is 6.07 Å². The van der Waals surface area contributed by atoms with Gasteiger partial charge in [-0.15, -0.1) is 0 Å². The molecule has 0 aliphatic heterocycles. The van der Waals surface area contributed by atoms with Crippen LogP contribution in [0.15, 0.2) is 41.5 Å². The van der Waals surface area contributed by atoms with E-state index < -0.39 is 0 Å². The van der Waals surface area contributed by atoms with Crippen molar-refractivity contribution >= 4 is 11.0 Å². The molecular weight excluding hydrogens is 226 g/mol. The van der Waals surface area contributed by atoms with E-state index in [1.165, 1.54) is 11.6 Å². The number of fused-ring (bicyclic) bond motifs is 1. The van der Waals surface area contributed by atoms with E-state index in [9.17, 15) is 4.79 Å². The molecule has 18 heavy (non-hydrogen) atoms. The maximum Gasteiger partial charge on any atom is 0.192 e. The first-order chi connectivity index (χ1) is 8.78. The molecule has 2 aromatic heterocycles. The zero-order valence-corrected chi connectivity index (χ0v) is 10.0. The topological polar surface area (TPSA) is 61.5 Å². The van der Waals surface area contributed by atoms with Crippen LogP contribution >= 0.6 is 0 Å². The number of nitrogens with one attached hydrogen (secondary N) is 2. The molecule has 0 bridgehead atoms. The average Bonchev–Trinajstić information content (AvgIpc) is 2.81. The predicted octanol–water partition coefficient (Wildman–Crippen LogP) is 2.48. The Morgan fingerprint density at radius 3 is 2.94 bits per heavy atom. The molecule has 0 atom stereocenters. The molecule has 0 radical (unpaired) electrons. The fourth-order valence-corrected chi connectivity index (χ4v) is 2.01. The summed E-state index contributed by atoms with van der Waals surface area (Å²) in [5.74, 6) is 0.611. The van der Waals surface area contributed by atoms with Crippen molar-refractivity contribution in [3.8, 4) is 11.4 Å². The number of imidazole rings is 1. The van der Waals surface area contributed by atoms with E-state index in [4.69, 9.17) is 0 Å². The Bertz CT molecular complexity index is 755. The van der Waals surface area contributed by atoms with Crippen molar-refractivity contribution in [2.45, 2.75) is 13.3 Å². The molecule has 2 heterocycles. The molecule has 0 saturated heterocycles. The highest BCUT2D eigenvalue weighted by Crippen LogP contribution is 2.18. The van der Waals surface area contributed by atoms with E-state index in [1.54, 1.807) is 12.4 Å². The van der Waals surface area contributed by atoms with Crippen LogP contribution in [-0.4, -0.2) is 15.0 Å². The van der Waals surface area contributed by atoms with Gasteiger partial charge in [0, 0.05) is 18.5 Å². The Morgan fingerprint density at radius 1 is 1.28 bits per heavy atom. The highest BCUT2D eigenvalue weighted by atomic mass is 16.1. The predicted molar refractivity (Wildman–Crippen MR) is 71.5 cm³/mol. The quantitative estimate of drug-likeness (QED) is 0.721. The Labute approximate surface area is 104 Å². The number of aryl methyl sites for hydroxylation is 1. The van der Waals surface area contributed by atoms with Crippen LogP contribution in [0.25, 0.3) is 22.4 Å². The minimum Gasteiger partial charge on any atom is -0.367 e. The van der Waals surface area contributed by atoms with E-state index >= 15 is 0 Å². The summed E-state index contributed by atoms with van der Waals surface area (Å²) >= 11 is 0. The highest BCUT2D eigenvalue weighted by molar-refractivity contribution is 5.79. The summed E-state index contributed by atoms with van der Waals surface area (Å²) in [6, 6.07) is 7.61. The fraction of sp³-hybridized carbons (Fsp3) is 0.143. The first-order valence-electron chi connectivity index (χ1n) is 5.94. The summed E-state index contributed by atoms with van der Waals surface area (Å²) in [4.78, 5) is 22.3. The van der Waals surface area contributed by atoms with Crippen molar-refractivity contribution < 1.29 is 0 Å². The number of nitrogens with zero attached hydrogens (tertiary/aromatic N) is 1. The second kappa shape index (κ2) is 4.14. The zero-order valence-electron chi connectivity index (χ0n) is 10.0. The molecule has 90 valence electrons. The monoisotopic (exact) mass is 239 g/mol. The summed E-state index contributed by atoms with van der Waals surface area (Å²) in [7, 11) is 0. The van der Waals surface area contributed by atoms with Crippen LogP contribution in [0.3, 0.4) is 0 Å². The van der Waals surface area contributed by atoms with Crippen molar-refractivity contribution in [2.75, 3.05) is 0 Å². The normalized spacial score (nSPS) is 10.9. The third-order valence-electron chi connectivity index (χ3n) is 3.03. The van der Waals surface area contributed by atoms with Crippen LogP contribution in [0.1, 0.15) is 12.5 Å². The molecule has 0 fully saturated rings. The molecule has 0 saturated carbocycles. The van der Waals surface area contributed by atoms with Gasteiger partial charge < -0.3 is 9.97 Å². The lowest BCUT2D eigenvalue weighted by molar-refractivity contribution is 1.14. The molecule has 1 aromatic carbocycles. The van der Waals surface area contributed by atoms with Crippen LogP contribution in [0.5, 0.6) is 0 Å². The number of aromatic nitrogens is 3. The van der Waals surface area contributed by atoms with Gasteiger partial charge >= 0.3 is 0 Å². The Kier molecular flexibility index (Phi) is 2.48. The first-order valence-corrected chi connectivity index (χ1v) is 5.94. The van der Waals surface area contributed by atoms with Gasteiger partial charge in [-0.1, -0.05) is 13.0 Å². The van der Waals surface area contributed by atoms with Gasteiger partial charge in [-0.3, -0.25) is 4.79 Å². The maximum absolute atomic E-state index is 11.7. The lowest BCUT2D eigenvalue weighted by Crippen LogP contribution is -2.03. The molecule has 4 heteroatoms. The van der Waals surface area contributed by atoms with Crippen molar-refractivity contribution in [1.29, 1.82) is 0 Å². The molecule has 0 aliphatic rings. The van der Waals surface area contributed by atoms with Gasteiger partial charge in [0.05, 0.1) is 16.6 Å². The van der Waals surface area contributed by atoms with Gasteiger partial charge in [0.1, 0.15) is 5.82 Å². The smallest absolute Gasteiger partial charge is 0.192 e. The van der Waals surface area contributed by atoms with E-state index in [-0.39, 0.29) is 5.43 Å². The Morgan fingerprint density at radius 2 is 2.17 bits per heavy atom. The summed E-state index contributed by atoms with van der Waals surface area (Å²) in [6.45, 7) is 2.11. The molecule has 0 spiro atoms. The number of H-pyrrole nitrogens is 2. The lowest BCUT2D eigenvalue weighted by Gasteiger charge is -1.94. The summed E-state index contributed by atoms with van der Waals surface area (Å²) in [6.07, 6.45) is 4.26. The Balaban J connectivity index is 2.20. The van der Waals surface area contributed by atoms with Gasteiger partial charge in [-0.05, 0) is 24.1 Å². The molecule has 3 aromatic rings. The van der Waals surface area contributed by atoms with Gasteiger partial charge in [0.25, 0.3) is 0 Å². The molecule has 0 amide bonds. The first kappa shape index (κ1) is 10.8. The molecule has 0 unspecified atom stereocenters. The van der Waals surface area contributed by atoms with E-state index in [0.29, 0.717) is 11.4 Å². The number of rotatable bonds is 2. The molecule has 4 nitrogen and oxygen atoms in total. The van der Waals surface area contributed by atoms with Crippen LogP contribution in [0.2, 0.25) is 0 Å². The maximum atomic E-state index is 11.7. The molecule has 2 N–H and O–H groups in total. The minimum atomic E-state index is -0.0384.